The lowest BCUT2D eigenvalue weighted by Crippen LogP contribution is -2.44. The zero-order valence-electron chi connectivity index (χ0n) is 15.5. The predicted molar refractivity (Wildman–Crippen MR) is 97.6 cm³/mol. The molecule has 0 amide bonds. The Labute approximate surface area is 150 Å². The molecule has 3 nitrogen and oxygen atoms in total. The highest BCUT2D eigenvalue weighted by atomic mass is 16.5. The molecule has 0 unspecified atom stereocenters. The Kier molecular flexibility index (Phi) is 4.13. The van der Waals surface area contributed by atoms with Crippen molar-refractivity contribution in [1.82, 2.24) is 0 Å². The first kappa shape index (κ1) is 16.7. The molecule has 5 atom stereocenters. The first-order valence-electron chi connectivity index (χ1n) is 9.48. The second kappa shape index (κ2) is 6.19. The fraction of sp³-hybridized carbons (Fsp3) is 0.591. The lowest BCUT2D eigenvalue weighted by molar-refractivity contribution is -0.129. The largest absolute Gasteiger partial charge is 0.505 e. The summed E-state index contributed by atoms with van der Waals surface area (Å²) in [5.74, 6) is 3.36. The average molecular weight is 340 g/mol. The van der Waals surface area contributed by atoms with E-state index in [1.807, 2.05) is 0 Å². The monoisotopic (exact) mass is 340 g/mol. The minimum absolute atomic E-state index is 0.145. The Morgan fingerprint density at radius 2 is 2.08 bits per heavy atom. The predicted octanol–water partition coefficient (Wildman–Crippen LogP) is 4.51. The van der Waals surface area contributed by atoms with Crippen LogP contribution in [-0.4, -0.2) is 20.0 Å². The van der Waals surface area contributed by atoms with E-state index in [9.17, 15) is 4.79 Å². The van der Waals surface area contributed by atoms with Gasteiger partial charge in [0.25, 0.3) is 0 Å². The standard InChI is InChI=1S/C22H28O3/c1-22-10-8-18-17-7-5-16(25-3)12-14(17)4-6-19(18)21(22)15(9-11-24-2)13-20(22)23/h5,7,9,11-12,15,18-19,21H,4,6,8,10,13H2,1-3H3/b11-9+/t15-,18+,19+,21-,22+/m0/s1. The third-order valence-corrected chi connectivity index (χ3v) is 7.17. The summed E-state index contributed by atoms with van der Waals surface area (Å²) in [5, 5.41) is 0. The van der Waals surface area contributed by atoms with Crippen molar-refractivity contribution in [3.63, 3.8) is 0 Å². The van der Waals surface area contributed by atoms with Gasteiger partial charge in [-0.05, 0) is 78.7 Å². The maximum atomic E-state index is 12.8. The van der Waals surface area contributed by atoms with Gasteiger partial charge in [-0.25, -0.2) is 0 Å². The van der Waals surface area contributed by atoms with Gasteiger partial charge in [0, 0.05) is 11.8 Å². The molecule has 1 aromatic rings. The normalized spacial score (nSPS) is 36.7. The summed E-state index contributed by atoms with van der Waals surface area (Å²) in [7, 11) is 3.41. The number of hydrogen-bond acceptors (Lipinski definition) is 3. The number of ketones is 1. The summed E-state index contributed by atoms with van der Waals surface area (Å²) in [6, 6.07) is 6.57. The second-order valence-electron chi connectivity index (χ2n) is 8.21. The van der Waals surface area contributed by atoms with Crippen molar-refractivity contribution in [3.05, 3.63) is 41.7 Å². The van der Waals surface area contributed by atoms with Gasteiger partial charge < -0.3 is 9.47 Å². The van der Waals surface area contributed by atoms with Crippen LogP contribution in [0.5, 0.6) is 5.75 Å². The molecule has 4 rings (SSSR count). The van der Waals surface area contributed by atoms with Crippen LogP contribution >= 0.6 is 0 Å². The third-order valence-electron chi connectivity index (χ3n) is 7.17. The van der Waals surface area contributed by atoms with Crippen LogP contribution in [0.1, 0.15) is 49.7 Å². The summed E-state index contributed by atoms with van der Waals surface area (Å²) >= 11 is 0. The summed E-state index contributed by atoms with van der Waals surface area (Å²) in [6.07, 6.45) is 9.00. The number of rotatable bonds is 3. The number of Topliss-reactive ketones (excluding diaryl/α,β-unsaturated/α-hetero) is 1. The lowest BCUT2D eigenvalue weighted by Gasteiger charge is -2.49. The van der Waals surface area contributed by atoms with E-state index in [-0.39, 0.29) is 5.41 Å². The first-order chi connectivity index (χ1) is 12.1. The maximum Gasteiger partial charge on any atom is 0.139 e. The highest BCUT2D eigenvalue weighted by Crippen LogP contribution is 2.61. The number of hydrogen-bond donors (Lipinski definition) is 0. The second-order valence-corrected chi connectivity index (χ2v) is 8.21. The molecular formula is C22H28O3. The number of aryl methyl sites for hydroxylation is 1. The SMILES string of the molecule is CO/C=C/[C@H]1CC(=O)[C@@]2(C)CC[C@@H]3c4ccc(OC)cc4CC[C@H]3[C@H]12. The van der Waals surface area contributed by atoms with E-state index in [2.05, 4.69) is 31.2 Å². The van der Waals surface area contributed by atoms with Crippen LogP contribution in [0.15, 0.2) is 30.5 Å². The quantitative estimate of drug-likeness (QED) is 0.760. The van der Waals surface area contributed by atoms with Gasteiger partial charge in [0.1, 0.15) is 11.5 Å². The molecule has 3 heteroatoms. The number of fused-ring (bicyclic) bond motifs is 5. The molecule has 3 aliphatic rings. The van der Waals surface area contributed by atoms with Crippen LogP contribution in [-0.2, 0) is 16.0 Å². The average Bonchev–Trinajstić information content (AvgIpc) is 2.89. The van der Waals surface area contributed by atoms with Crippen molar-refractivity contribution in [2.45, 2.75) is 44.9 Å². The molecule has 2 fully saturated rings. The molecule has 3 aliphatic carbocycles. The zero-order chi connectivity index (χ0) is 17.6. The van der Waals surface area contributed by atoms with Crippen LogP contribution in [0.2, 0.25) is 0 Å². The zero-order valence-corrected chi connectivity index (χ0v) is 15.5. The molecule has 0 radical (unpaired) electrons. The topological polar surface area (TPSA) is 35.5 Å². The van der Waals surface area contributed by atoms with E-state index in [0.717, 1.165) is 25.0 Å². The highest BCUT2D eigenvalue weighted by Gasteiger charge is 2.58. The van der Waals surface area contributed by atoms with Gasteiger partial charge in [0.2, 0.25) is 0 Å². The molecule has 0 aromatic heterocycles. The van der Waals surface area contributed by atoms with Gasteiger partial charge in [-0.1, -0.05) is 13.0 Å². The van der Waals surface area contributed by atoms with Crippen LogP contribution in [0.4, 0.5) is 0 Å². The van der Waals surface area contributed by atoms with Gasteiger partial charge >= 0.3 is 0 Å². The number of allylic oxidation sites excluding steroid dienone is 1. The van der Waals surface area contributed by atoms with Crippen LogP contribution in [0.25, 0.3) is 0 Å². The van der Waals surface area contributed by atoms with E-state index in [1.165, 1.54) is 17.5 Å². The van der Waals surface area contributed by atoms with E-state index in [0.29, 0.717) is 35.9 Å². The number of ether oxygens (including phenoxy) is 2. The van der Waals surface area contributed by atoms with E-state index >= 15 is 0 Å². The Hall–Kier alpha value is -1.77. The molecule has 25 heavy (non-hydrogen) atoms. The van der Waals surface area contributed by atoms with Crippen LogP contribution in [0, 0.1) is 23.2 Å². The molecule has 0 heterocycles. The van der Waals surface area contributed by atoms with Crippen molar-refractivity contribution in [2.24, 2.45) is 23.2 Å². The van der Waals surface area contributed by atoms with Crippen molar-refractivity contribution in [1.29, 1.82) is 0 Å². The van der Waals surface area contributed by atoms with Crippen molar-refractivity contribution >= 4 is 5.78 Å². The molecular weight excluding hydrogens is 312 g/mol. The number of carbonyl (C=O) groups is 1. The van der Waals surface area contributed by atoms with Crippen molar-refractivity contribution in [2.75, 3.05) is 14.2 Å². The van der Waals surface area contributed by atoms with Crippen LogP contribution < -0.4 is 4.74 Å². The van der Waals surface area contributed by atoms with Crippen molar-refractivity contribution in [3.8, 4) is 5.75 Å². The minimum atomic E-state index is -0.145. The van der Waals surface area contributed by atoms with Gasteiger partial charge in [0.15, 0.2) is 0 Å². The summed E-state index contributed by atoms with van der Waals surface area (Å²) in [5.41, 5.74) is 2.79. The lowest BCUT2D eigenvalue weighted by atomic mass is 9.54. The molecule has 0 spiro atoms. The van der Waals surface area contributed by atoms with Gasteiger partial charge in [0.05, 0.1) is 20.5 Å². The highest BCUT2D eigenvalue weighted by molar-refractivity contribution is 5.88. The first-order valence-corrected chi connectivity index (χ1v) is 9.48. The number of benzene rings is 1. The molecule has 0 N–H and O–H groups in total. The Morgan fingerprint density at radius 1 is 1.24 bits per heavy atom. The van der Waals surface area contributed by atoms with Gasteiger partial charge in [-0.3, -0.25) is 4.79 Å². The number of methoxy groups -OCH3 is 2. The van der Waals surface area contributed by atoms with E-state index in [4.69, 9.17) is 9.47 Å². The Morgan fingerprint density at radius 3 is 2.84 bits per heavy atom. The Balaban J connectivity index is 1.70. The minimum Gasteiger partial charge on any atom is -0.505 e. The number of carbonyl (C=O) groups excluding carboxylic acids is 1. The molecule has 1 aromatic carbocycles. The molecule has 134 valence electrons. The van der Waals surface area contributed by atoms with Gasteiger partial charge in [-0.2, -0.15) is 0 Å². The molecule has 0 aliphatic heterocycles. The fourth-order valence-electron chi connectivity index (χ4n) is 5.99. The molecule has 0 saturated heterocycles. The van der Waals surface area contributed by atoms with Crippen molar-refractivity contribution < 1.29 is 14.3 Å². The van der Waals surface area contributed by atoms with Crippen LogP contribution in [0.3, 0.4) is 0 Å². The third kappa shape index (κ3) is 2.51. The Bertz CT molecular complexity index is 707. The molecule has 2 saturated carbocycles. The maximum absolute atomic E-state index is 12.8. The van der Waals surface area contributed by atoms with Gasteiger partial charge in [-0.15, -0.1) is 0 Å². The fourth-order valence-corrected chi connectivity index (χ4v) is 5.99. The molecule has 0 bridgehead atoms. The summed E-state index contributed by atoms with van der Waals surface area (Å²) < 4.78 is 10.6. The summed E-state index contributed by atoms with van der Waals surface area (Å²) in [4.78, 5) is 12.8. The van der Waals surface area contributed by atoms with E-state index in [1.54, 1.807) is 20.5 Å². The summed E-state index contributed by atoms with van der Waals surface area (Å²) in [6.45, 7) is 2.22. The smallest absolute Gasteiger partial charge is 0.139 e. The van der Waals surface area contributed by atoms with E-state index < -0.39 is 0 Å².